The molecule has 1 aliphatic heterocycles. The number of rotatable bonds is 5. The molecule has 0 atom stereocenters. The second-order valence-corrected chi connectivity index (χ2v) is 7.61. The minimum atomic E-state index is -0.145. The third-order valence-corrected chi connectivity index (χ3v) is 5.16. The highest BCUT2D eigenvalue weighted by molar-refractivity contribution is 14.1. The van der Waals surface area contributed by atoms with Crippen molar-refractivity contribution in [2.75, 3.05) is 6.54 Å². The fourth-order valence-corrected chi connectivity index (χ4v) is 3.52. The van der Waals surface area contributed by atoms with E-state index in [0.717, 1.165) is 20.5 Å². The number of hydrogen-bond donors (Lipinski definition) is 2. The number of nitrogens with one attached hydrogen (secondary N) is 2. The van der Waals surface area contributed by atoms with E-state index < -0.39 is 0 Å². The van der Waals surface area contributed by atoms with Crippen LogP contribution in [0, 0.1) is 18.8 Å². The SMILES string of the molecule is C=C(C#Cc1cc(C(=O)NC2=C(I)N(C(C)C)NC2)ccc1C)/C=N\C=C/C. The Labute approximate surface area is 180 Å². The zero-order valence-electron chi connectivity index (χ0n) is 16.6. The Bertz CT molecular complexity index is 916. The largest absolute Gasteiger partial charge is 0.322 e. The number of nitrogens with zero attached hydrogens (tertiary/aromatic N) is 2. The van der Waals surface area contributed by atoms with Gasteiger partial charge in [-0.05, 0) is 68.0 Å². The number of allylic oxidation sites excluding steroid dienone is 2. The van der Waals surface area contributed by atoms with Gasteiger partial charge in [0.15, 0.2) is 0 Å². The van der Waals surface area contributed by atoms with Crippen LogP contribution in [0.5, 0.6) is 0 Å². The first-order valence-corrected chi connectivity index (χ1v) is 10.1. The second-order valence-electron chi connectivity index (χ2n) is 6.59. The maximum Gasteiger partial charge on any atom is 0.255 e. The molecule has 28 heavy (non-hydrogen) atoms. The van der Waals surface area contributed by atoms with Crippen LogP contribution in [0.2, 0.25) is 0 Å². The lowest BCUT2D eigenvalue weighted by Crippen LogP contribution is -2.36. The molecule has 0 bridgehead atoms. The van der Waals surface area contributed by atoms with Crippen molar-refractivity contribution in [2.45, 2.75) is 33.7 Å². The van der Waals surface area contributed by atoms with E-state index in [4.69, 9.17) is 0 Å². The minimum absolute atomic E-state index is 0.145. The Morgan fingerprint density at radius 1 is 1.46 bits per heavy atom. The highest BCUT2D eigenvalue weighted by Gasteiger charge is 2.23. The quantitative estimate of drug-likeness (QED) is 0.285. The van der Waals surface area contributed by atoms with E-state index in [-0.39, 0.29) is 5.91 Å². The van der Waals surface area contributed by atoms with E-state index in [0.29, 0.717) is 23.7 Å². The fourth-order valence-electron chi connectivity index (χ4n) is 2.46. The lowest BCUT2D eigenvalue weighted by atomic mass is 10.0. The smallest absolute Gasteiger partial charge is 0.255 e. The van der Waals surface area contributed by atoms with Crippen molar-refractivity contribution in [3.63, 3.8) is 0 Å². The maximum atomic E-state index is 12.7. The summed E-state index contributed by atoms with van der Waals surface area (Å²) < 4.78 is 1.00. The zero-order valence-corrected chi connectivity index (χ0v) is 18.8. The molecule has 2 rings (SSSR count). The van der Waals surface area contributed by atoms with Gasteiger partial charge in [0, 0.05) is 35.2 Å². The summed E-state index contributed by atoms with van der Waals surface area (Å²) in [6.45, 7) is 12.5. The summed E-state index contributed by atoms with van der Waals surface area (Å²) in [5, 5.41) is 5.05. The monoisotopic (exact) mass is 488 g/mol. The molecule has 0 fully saturated rings. The third kappa shape index (κ3) is 5.81. The van der Waals surface area contributed by atoms with Crippen molar-refractivity contribution >= 4 is 34.7 Å². The van der Waals surface area contributed by atoms with Crippen LogP contribution in [-0.2, 0) is 0 Å². The number of hydrogen-bond acceptors (Lipinski definition) is 4. The number of aliphatic imine (C=N–C) groups is 1. The molecule has 0 saturated heterocycles. The molecular formula is C22H25IN4O. The summed E-state index contributed by atoms with van der Waals surface area (Å²) in [4.78, 5) is 16.8. The molecule has 2 N–H and O–H groups in total. The number of halogens is 1. The van der Waals surface area contributed by atoms with Crippen molar-refractivity contribution in [2.24, 2.45) is 4.99 Å². The van der Waals surface area contributed by atoms with Crippen LogP contribution in [0.3, 0.4) is 0 Å². The summed E-state index contributed by atoms with van der Waals surface area (Å²) >= 11 is 2.25. The maximum absolute atomic E-state index is 12.7. The van der Waals surface area contributed by atoms with E-state index in [1.54, 1.807) is 12.4 Å². The van der Waals surface area contributed by atoms with Crippen LogP contribution in [-0.4, -0.2) is 29.7 Å². The van der Waals surface area contributed by atoms with E-state index in [9.17, 15) is 4.79 Å². The van der Waals surface area contributed by atoms with Gasteiger partial charge in [-0.15, -0.1) is 0 Å². The molecule has 0 unspecified atom stereocenters. The third-order valence-electron chi connectivity index (χ3n) is 3.99. The van der Waals surface area contributed by atoms with Gasteiger partial charge in [0.2, 0.25) is 0 Å². The highest BCUT2D eigenvalue weighted by atomic mass is 127. The normalized spacial score (nSPS) is 14.1. The van der Waals surface area contributed by atoms with Crippen LogP contribution in [0.1, 0.15) is 42.3 Å². The zero-order chi connectivity index (χ0) is 20.7. The van der Waals surface area contributed by atoms with E-state index >= 15 is 0 Å². The second kappa shape index (κ2) is 10.2. The molecule has 1 heterocycles. The molecule has 0 saturated carbocycles. The van der Waals surface area contributed by atoms with Crippen LogP contribution in [0.4, 0.5) is 0 Å². The molecule has 1 aliphatic rings. The molecule has 1 amide bonds. The van der Waals surface area contributed by atoms with Crippen molar-refractivity contribution in [3.8, 4) is 11.8 Å². The van der Waals surface area contributed by atoms with E-state index in [2.05, 4.69) is 70.6 Å². The van der Waals surface area contributed by atoms with Gasteiger partial charge in [0.05, 0.1) is 12.2 Å². The summed E-state index contributed by atoms with van der Waals surface area (Å²) in [6, 6.07) is 5.84. The Morgan fingerprint density at radius 2 is 2.21 bits per heavy atom. The van der Waals surface area contributed by atoms with Crippen LogP contribution in [0.25, 0.3) is 0 Å². The average Bonchev–Trinajstić information content (AvgIpc) is 3.01. The molecule has 5 nitrogen and oxygen atoms in total. The van der Waals surface area contributed by atoms with Gasteiger partial charge in [-0.1, -0.05) is 30.6 Å². The predicted molar refractivity (Wildman–Crippen MR) is 124 cm³/mol. The molecule has 0 radical (unpaired) electrons. The van der Waals surface area contributed by atoms with E-state index in [1.807, 2.05) is 43.1 Å². The molecule has 1 aromatic rings. The number of amides is 1. The fraction of sp³-hybridized carbons (Fsp3) is 0.273. The van der Waals surface area contributed by atoms with Crippen LogP contribution >= 0.6 is 22.6 Å². The molecule has 0 aliphatic carbocycles. The minimum Gasteiger partial charge on any atom is -0.322 e. The number of benzene rings is 1. The lowest BCUT2D eigenvalue weighted by molar-refractivity contribution is 0.0965. The van der Waals surface area contributed by atoms with Gasteiger partial charge in [-0.2, -0.15) is 0 Å². The number of carbonyl (C=O) groups is 1. The first-order chi connectivity index (χ1) is 13.3. The van der Waals surface area contributed by atoms with Crippen molar-refractivity contribution in [1.82, 2.24) is 15.8 Å². The predicted octanol–water partition coefficient (Wildman–Crippen LogP) is 4.07. The highest BCUT2D eigenvalue weighted by Crippen LogP contribution is 2.22. The Morgan fingerprint density at radius 3 is 2.86 bits per heavy atom. The van der Waals surface area contributed by atoms with Crippen LogP contribution < -0.4 is 10.7 Å². The summed E-state index contributed by atoms with van der Waals surface area (Å²) in [7, 11) is 0. The van der Waals surface area contributed by atoms with Crippen molar-refractivity contribution < 1.29 is 4.79 Å². The van der Waals surface area contributed by atoms with Gasteiger partial charge >= 0.3 is 0 Å². The van der Waals surface area contributed by atoms with Gasteiger partial charge < -0.3 is 5.32 Å². The topological polar surface area (TPSA) is 56.7 Å². The molecule has 0 aromatic heterocycles. The Balaban J connectivity index is 2.17. The number of carbonyl (C=O) groups excluding carboxylic acids is 1. The molecule has 1 aromatic carbocycles. The Kier molecular flexibility index (Phi) is 8.03. The summed E-state index contributed by atoms with van der Waals surface area (Å²) in [6.07, 6.45) is 5.12. The van der Waals surface area contributed by atoms with Crippen molar-refractivity contribution in [1.29, 1.82) is 0 Å². The summed E-state index contributed by atoms with van der Waals surface area (Å²) in [5.74, 6) is 5.91. The first kappa shape index (κ1) is 21.9. The first-order valence-electron chi connectivity index (χ1n) is 9.02. The Hall–Kier alpha value is -2.37. The van der Waals surface area contributed by atoms with Gasteiger partial charge in [-0.3, -0.25) is 14.8 Å². The van der Waals surface area contributed by atoms with Gasteiger partial charge in [0.1, 0.15) is 3.70 Å². The van der Waals surface area contributed by atoms with Gasteiger partial charge in [-0.25, -0.2) is 5.43 Å². The lowest BCUT2D eigenvalue weighted by Gasteiger charge is -2.22. The van der Waals surface area contributed by atoms with Gasteiger partial charge in [0.25, 0.3) is 5.91 Å². The molecule has 6 heteroatoms. The molecule has 146 valence electrons. The average molecular weight is 488 g/mol. The summed E-state index contributed by atoms with van der Waals surface area (Å²) in [5.41, 5.74) is 7.13. The molecule has 0 spiro atoms. The van der Waals surface area contributed by atoms with Crippen LogP contribution in [0.15, 0.2) is 57.0 Å². The molecular weight excluding hydrogens is 463 g/mol. The standard InChI is InChI=1S/C22H25IN4O/c1-6-11-24-13-16(4)7-9-18-12-19(10-8-17(18)5)22(28)26-20-14-25-27(15(2)3)21(20)23/h6,8,10-13,15,25H,4,14H2,1-3,5H3,(H,26,28)/b11-6-,24-13-. The number of hydrazine groups is 1. The van der Waals surface area contributed by atoms with Crippen molar-refractivity contribution in [3.05, 3.63) is 68.7 Å². The van der Waals surface area contributed by atoms with E-state index in [1.165, 1.54) is 0 Å². The number of aryl methyl sites for hydroxylation is 1.